The fraction of sp³-hybridized carbons (Fsp3) is 0. The quantitative estimate of drug-likeness (QED) is 0.595. The number of rotatable bonds is 1. The second-order valence-electron chi connectivity index (χ2n) is 2.76. The molecule has 1 heterocycles. The lowest BCUT2D eigenvalue weighted by atomic mass is 10.2. The second kappa shape index (κ2) is 4.09. The molecule has 74 valence electrons. The van der Waals surface area contributed by atoms with Crippen LogP contribution in [0.3, 0.4) is 0 Å². The number of hydrogen-bond acceptors (Lipinski definition) is 4. The molecule has 5 heteroatoms. The standard InChI is InChI=1S/C10H4BrNO2S/c11-6-1-2-8-7(3-6)10(13)9(4-14-8)15-5-12/h1-4H. The van der Waals surface area contributed by atoms with Gasteiger partial charge in [0, 0.05) is 4.47 Å². The zero-order valence-corrected chi connectivity index (χ0v) is 9.76. The van der Waals surface area contributed by atoms with E-state index >= 15 is 0 Å². The van der Waals surface area contributed by atoms with Crippen molar-refractivity contribution in [2.45, 2.75) is 4.90 Å². The molecule has 0 saturated carbocycles. The Labute approximate surface area is 97.8 Å². The van der Waals surface area contributed by atoms with Gasteiger partial charge in [0.15, 0.2) is 0 Å². The molecule has 0 bridgehead atoms. The van der Waals surface area contributed by atoms with Crippen LogP contribution in [0.4, 0.5) is 0 Å². The molecule has 0 amide bonds. The van der Waals surface area contributed by atoms with Crippen molar-refractivity contribution in [3.05, 3.63) is 39.2 Å². The van der Waals surface area contributed by atoms with Crippen LogP contribution in [0, 0.1) is 10.7 Å². The van der Waals surface area contributed by atoms with E-state index in [0.29, 0.717) is 15.9 Å². The molecule has 15 heavy (non-hydrogen) atoms. The molecule has 0 aliphatic carbocycles. The van der Waals surface area contributed by atoms with Gasteiger partial charge in [0.25, 0.3) is 0 Å². The highest BCUT2D eigenvalue weighted by Crippen LogP contribution is 2.20. The van der Waals surface area contributed by atoms with Crippen LogP contribution in [0.2, 0.25) is 0 Å². The molecule has 0 atom stereocenters. The summed E-state index contributed by atoms with van der Waals surface area (Å²) in [5.41, 5.74) is 0.342. The zero-order valence-electron chi connectivity index (χ0n) is 7.36. The maximum absolute atomic E-state index is 11.8. The summed E-state index contributed by atoms with van der Waals surface area (Å²) in [5.74, 6) is 0. The first-order valence-electron chi connectivity index (χ1n) is 3.99. The molecule has 2 rings (SSSR count). The number of fused-ring (bicyclic) bond motifs is 1. The van der Waals surface area contributed by atoms with Gasteiger partial charge in [-0.2, -0.15) is 5.26 Å². The summed E-state index contributed by atoms with van der Waals surface area (Å²) < 4.78 is 6.05. The monoisotopic (exact) mass is 281 g/mol. The van der Waals surface area contributed by atoms with Gasteiger partial charge in [-0.05, 0) is 30.0 Å². The first-order valence-corrected chi connectivity index (χ1v) is 5.60. The van der Waals surface area contributed by atoms with E-state index in [1.54, 1.807) is 18.2 Å². The molecule has 0 saturated heterocycles. The first-order chi connectivity index (χ1) is 7.22. The van der Waals surface area contributed by atoms with Crippen molar-refractivity contribution in [1.82, 2.24) is 0 Å². The molecule has 0 spiro atoms. The van der Waals surface area contributed by atoms with E-state index in [1.807, 2.05) is 5.40 Å². The highest BCUT2D eigenvalue weighted by atomic mass is 79.9. The van der Waals surface area contributed by atoms with Crippen molar-refractivity contribution in [3.63, 3.8) is 0 Å². The van der Waals surface area contributed by atoms with Gasteiger partial charge in [0.1, 0.15) is 22.1 Å². The molecule has 0 N–H and O–H groups in total. The number of thioether (sulfide) groups is 1. The predicted octanol–water partition coefficient (Wildman–Crippen LogP) is 3.13. The average molecular weight is 282 g/mol. The van der Waals surface area contributed by atoms with Gasteiger partial charge in [-0.1, -0.05) is 15.9 Å². The fourth-order valence-electron chi connectivity index (χ4n) is 1.21. The minimum atomic E-state index is -0.177. The Morgan fingerprint density at radius 2 is 2.27 bits per heavy atom. The Morgan fingerprint density at radius 1 is 1.47 bits per heavy atom. The third kappa shape index (κ3) is 1.91. The lowest BCUT2D eigenvalue weighted by molar-refractivity contribution is 0.587. The summed E-state index contributed by atoms with van der Waals surface area (Å²) in [6.07, 6.45) is 1.31. The van der Waals surface area contributed by atoms with Gasteiger partial charge < -0.3 is 4.42 Å². The van der Waals surface area contributed by atoms with Crippen LogP contribution in [0.25, 0.3) is 11.0 Å². The van der Waals surface area contributed by atoms with Crippen molar-refractivity contribution in [2.75, 3.05) is 0 Å². The number of benzene rings is 1. The average Bonchev–Trinajstić information content (AvgIpc) is 2.23. The van der Waals surface area contributed by atoms with Crippen molar-refractivity contribution in [1.29, 1.82) is 5.26 Å². The van der Waals surface area contributed by atoms with Crippen LogP contribution in [0.1, 0.15) is 0 Å². The molecule has 3 nitrogen and oxygen atoms in total. The van der Waals surface area contributed by atoms with Crippen molar-refractivity contribution in [3.8, 4) is 5.40 Å². The van der Waals surface area contributed by atoms with E-state index in [2.05, 4.69) is 15.9 Å². The summed E-state index contributed by atoms with van der Waals surface area (Å²) in [6, 6.07) is 5.19. The van der Waals surface area contributed by atoms with Gasteiger partial charge in [-0.3, -0.25) is 4.79 Å². The van der Waals surface area contributed by atoms with E-state index in [-0.39, 0.29) is 5.43 Å². The molecule has 1 aromatic carbocycles. The first kappa shape index (κ1) is 10.3. The molecule has 0 fully saturated rings. The smallest absolute Gasteiger partial charge is 0.207 e. The Morgan fingerprint density at radius 3 is 3.00 bits per heavy atom. The van der Waals surface area contributed by atoms with Gasteiger partial charge in [-0.25, -0.2) is 0 Å². The lowest BCUT2D eigenvalue weighted by Gasteiger charge is -1.98. The SMILES string of the molecule is N#CSc1coc2ccc(Br)cc2c1=O. The Bertz CT molecular complexity index is 615. The summed E-state index contributed by atoms with van der Waals surface area (Å²) in [5, 5.41) is 10.8. The van der Waals surface area contributed by atoms with Gasteiger partial charge in [0.2, 0.25) is 5.43 Å². The van der Waals surface area contributed by atoms with Crippen LogP contribution in [0.15, 0.2) is 43.0 Å². The molecule has 0 aliphatic rings. The number of thiocyanates is 1. The molecular weight excluding hydrogens is 278 g/mol. The fourth-order valence-corrected chi connectivity index (χ4v) is 1.96. The summed E-state index contributed by atoms with van der Waals surface area (Å²) in [6.45, 7) is 0. The Kier molecular flexibility index (Phi) is 2.80. The van der Waals surface area contributed by atoms with Crippen LogP contribution in [-0.4, -0.2) is 0 Å². The molecule has 2 aromatic rings. The van der Waals surface area contributed by atoms with Gasteiger partial charge in [-0.15, -0.1) is 0 Å². The molecule has 1 aromatic heterocycles. The zero-order chi connectivity index (χ0) is 10.8. The van der Waals surface area contributed by atoms with Crippen molar-refractivity contribution >= 4 is 38.7 Å². The number of nitriles is 1. The second-order valence-corrected chi connectivity index (χ2v) is 4.51. The van der Waals surface area contributed by atoms with E-state index in [1.165, 1.54) is 6.26 Å². The normalized spacial score (nSPS) is 10.1. The van der Waals surface area contributed by atoms with Crippen molar-refractivity contribution < 1.29 is 4.42 Å². The van der Waals surface area contributed by atoms with Gasteiger partial charge >= 0.3 is 0 Å². The number of nitrogens with zero attached hydrogens (tertiary/aromatic N) is 1. The summed E-state index contributed by atoms with van der Waals surface area (Å²) >= 11 is 4.08. The molecule has 0 unspecified atom stereocenters. The summed E-state index contributed by atoms with van der Waals surface area (Å²) in [7, 11) is 0. The van der Waals surface area contributed by atoms with E-state index < -0.39 is 0 Å². The minimum Gasteiger partial charge on any atom is -0.463 e. The minimum absolute atomic E-state index is 0.177. The summed E-state index contributed by atoms with van der Waals surface area (Å²) in [4.78, 5) is 12.1. The lowest BCUT2D eigenvalue weighted by Crippen LogP contribution is -2.02. The van der Waals surface area contributed by atoms with E-state index in [4.69, 9.17) is 9.68 Å². The van der Waals surface area contributed by atoms with E-state index in [0.717, 1.165) is 16.2 Å². The topological polar surface area (TPSA) is 54.0 Å². The van der Waals surface area contributed by atoms with Crippen LogP contribution < -0.4 is 5.43 Å². The van der Waals surface area contributed by atoms with Crippen LogP contribution in [0.5, 0.6) is 0 Å². The highest BCUT2D eigenvalue weighted by Gasteiger charge is 2.07. The molecule has 0 aliphatic heterocycles. The Hall–Kier alpha value is -1.25. The highest BCUT2D eigenvalue weighted by molar-refractivity contribution is 9.10. The third-order valence-electron chi connectivity index (χ3n) is 1.86. The van der Waals surface area contributed by atoms with Gasteiger partial charge in [0.05, 0.1) is 5.39 Å². The largest absolute Gasteiger partial charge is 0.463 e. The van der Waals surface area contributed by atoms with Crippen LogP contribution in [-0.2, 0) is 0 Å². The number of hydrogen-bond donors (Lipinski definition) is 0. The maximum Gasteiger partial charge on any atom is 0.207 e. The molecular formula is C10H4BrNO2S. The maximum atomic E-state index is 11.8. The Balaban J connectivity index is 2.78. The van der Waals surface area contributed by atoms with Crippen LogP contribution >= 0.6 is 27.7 Å². The van der Waals surface area contributed by atoms with Crippen molar-refractivity contribution in [2.24, 2.45) is 0 Å². The number of halogens is 1. The third-order valence-corrected chi connectivity index (χ3v) is 2.94. The van der Waals surface area contributed by atoms with E-state index in [9.17, 15) is 4.79 Å². The molecule has 0 radical (unpaired) electrons. The predicted molar refractivity (Wildman–Crippen MR) is 61.7 cm³/mol.